The average Bonchev–Trinajstić information content (AvgIpc) is 3.20. The number of anilines is 2. The summed E-state index contributed by atoms with van der Waals surface area (Å²) in [5, 5.41) is 10.2. The van der Waals surface area contributed by atoms with Gasteiger partial charge in [-0.1, -0.05) is 41.9 Å². The number of rotatable bonds is 5. The van der Waals surface area contributed by atoms with E-state index in [0.29, 0.717) is 16.4 Å². The lowest BCUT2D eigenvalue weighted by Gasteiger charge is -2.12. The molecule has 3 aromatic carbocycles. The van der Waals surface area contributed by atoms with Crippen LogP contribution in [0.4, 0.5) is 15.9 Å². The zero-order valence-electron chi connectivity index (χ0n) is 16.0. The van der Waals surface area contributed by atoms with Crippen molar-refractivity contribution < 1.29 is 14.0 Å². The fourth-order valence-electron chi connectivity index (χ4n) is 2.95. The van der Waals surface area contributed by atoms with Crippen molar-refractivity contribution in [3.05, 3.63) is 107 Å². The topological polar surface area (TPSA) is 76.0 Å². The normalized spacial score (nSPS) is 10.5. The quantitative estimate of drug-likeness (QED) is 0.455. The maximum atomic E-state index is 14.1. The van der Waals surface area contributed by atoms with Gasteiger partial charge in [-0.15, -0.1) is 0 Å². The summed E-state index contributed by atoms with van der Waals surface area (Å²) in [4.78, 5) is 25.7. The molecule has 0 saturated heterocycles. The lowest BCUT2D eigenvalue weighted by Crippen LogP contribution is -2.20. The Morgan fingerprint density at radius 3 is 2.16 bits per heavy atom. The van der Waals surface area contributed by atoms with Gasteiger partial charge < -0.3 is 10.6 Å². The summed E-state index contributed by atoms with van der Waals surface area (Å²) >= 11 is 5.89. The van der Waals surface area contributed by atoms with E-state index >= 15 is 0 Å². The minimum Gasteiger partial charge on any atom is -0.322 e. The van der Waals surface area contributed by atoms with Crippen molar-refractivity contribution in [3.8, 4) is 5.69 Å². The van der Waals surface area contributed by atoms with Gasteiger partial charge in [-0.05, 0) is 48.5 Å². The standard InChI is InChI=1S/C23H16ClFN4O2/c24-15-10-12-16(13-11-15)27-23(31)19-14-26-29(17-6-2-1-3-7-17)21(19)28-22(30)18-8-4-5-9-20(18)25/h1-14H,(H,27,31)(H,28,30). The molecule has 0 unspecified atom stereocenters. The fourth-order valence-corrected chi connectivity index (χ4v) is 3.08. The van der Waals surface area contributed by atoms with Gasteiger partial charge in [0.05, 0.1) is 17.4 Å². The number of carbonyl (C=O) groups is 2. The summed E-state index contributed by atoms with van der Waals surface area (Å²) in [7, 11) is 0. The predicted octanol–water partition coefficient (Wildman–Crippen LogP) is 5.17. The first-order valence-electron chi connectivity index (χ1n) is 9.29. The number of benzene rings is 3. The third-order valence-corrected chi connectivity index (χ3v) is 4.72. The van der Waals surface area contributed by atoms with Crippen molar-refractivity contribution >= 4 is 34.9 Å². The number of carbonyl (C=O) groups excluding carboxylic acids is 2. The SMILES string of the molecule is O=C(Nc1c(C(=O)Nc2ccc(Cl)cc2)cnn1-c1ccccc1)c1ccccc1F. The molecule has 4 aromatic rings. The van der Waals surface area contributed by atoms with Gasteiger partial charge in [0.25, 0.3) is 11.8 Å². The smallest absolute Gasteiger partial charge is 0.261 e. The number of amides is 2. The first-order chi connectivity index (χ1) is 15.0. The highest BCUT2D eigenvalue weighted by Gasteiger charge is 2.22. The maximum Gasteiger partial charge on any atom is 0.261 e. The van der Waals surface area contributed by atoms with E-state index in [1.54, 1.807) is 54.6 Å². The summed E-state index contributed by atoms with van der Waals surface area (Å²) in [6, 6.07) is 21.2. The Kier molecular flexibility index (Phi) is 5.77. The molecule has 2 N–H and O–H groups in total. The molecule has 0 aliphatic heterocycles. The van der Waals surface area contributed by atoms with Gasteiger partial charge in [-0.2, -0.15) is 5.10 Å². The van der Waals surface area contributed by atoms with Gasteiger partial charge >= 0.3 is 0 Å². The molecule has 1 aromatic heterocycles. The summed E-state index contributed by atoms with van der Waals surface area (Å²) in [5.74, 6) is -1.74. The Morgan fingerprint density at radius 1 is 0.806 bits per heavy atom. The van der Waals surface area contributed by atoms with Crippen LogP contribution in [0.5, 0.6) is 0 Å². The molecule has 8 heteroatoms. The Balaban J connectivity index is 1.71. The van der Waals surface area contributed by atoms with Crippen molar-refractivity contribution in [2.75, 3.05) is 10.6 Å². The van der Waals surface area contributed by atoms with Crippen LogP contribution in [-0.4, -0.2) is 21.6 Å². The molecule has 4 rings (SSSR count). The van der Waals surface area contributed by atoms with Gasteiger partial charge in [0.15, 0.2) is 0 Å². The van der Waals surface area contributed by atoms with Crippen LogP contribution in [0.3, 0.4) is 0 Å². The highest BCUT2D eigenvalue weighted by atomic mass is 35.5. The monoisotopic (exact) mass is 434 g/mol. The fraction of sp³-hybridized carbons (Fsp3) is 0. The van der Waals surface area contributed by atoms with E-state index in [4.69, 9.17) is 11.6 Å². The van der Waals surface area contributed by atoms with E-state index in [1.807, 2.05) is 6.07 Å². The number of halogens is 2. The molecule has 0 bridgehead atoms. The summed E-state index contributed by atoms with van der Waals surface area (Å²) in [5.41, 5.74) is 1.11. The van der Waals surface area contributed by atoms with Crippen molar-refractivity contribution in [3.63, 3.8) is 0 Å². The van der Waals surface area contributed by atoms with Gasteiger partial charge in [0, 0.05) is 10.7 Å². The lowest BCUT2D eigenvalue weighted by molar-refractivity contribution is 0.102. The molecule has 0 fully saturated rings. The molecule has 1 heterocycles. The number of hydrogen-bond donors (Lipinski definition) is 2. The third kappa shape index (κ3) is 4.46. The molecular formula is C23H16ClFN4O2. The van der Waals surface area contributed by atoms with Crippen LogP contribution >= 0.6 is 11.6 Å². The largest absolute Gasteiger partial charge is 0.322 e. The summed E-state index contributed by atoms with van der Waals surface area (Å²) < 4.78 is 15.5. The van der Waals surface area contributed by atoms with Crippen LogP contribution < -0.4 is 10.6 Å². The molecule has 0 aliphatic rings. The van der Waals surface area contributed by atoms with Gasteiger partial charge in [-0.25, -0.2) is 9.07 Å². The summed E-state index contributed by atoms with van der Waals surface area (Å²) in [6.07, 6.45) is 1.34. The zero-order valence-corrected chi connectivity index (χ0v) is 16.8. The Labute approximate surface area is 182 Å². The molecule has 31 heavy (non-hydrogen) atoms. The van der Waals surface area contributed by atoms with Crippen molar-refractivity contribution in [2.45, 2.75) is 0 Å². The van der Waals surface area contributed by atoms with E-state index in [9.17, 15) is 14.0 Å². The molecule has 0 saturated carbocycles. The first kappa shape index (κ1) is 20.3. The number of nitrogens with zero attached hydrogens (tertiary/aromatic N) is 2. The molecule has 0 spiro atoms. The molecule has 154 valence electrons. The number of aromatic nitrogens is 2. The molecule has 0 aliphatic carbocycles. The van der Waals surface area contributed by atoms with E-state index in [2.05, 4.69) is 15.7 Å². The van der Waals surface area contributed by atoms with Gasteiger partial charge in [-0.3, -0.25) is 9.59 Å². The minimum atomic E-state index is -0.698. The van der Waals surface area contributed by atoms with E-state index in [0.717, 1.165) is 0 Å². The second-order valence-electron chi connectivity index (χ2n) is 6.55. The molecular weight excluding hydrogens is 419 g/mol. The lowest BCUT2D eigenvalue weighted by atomic mass is 10.2. The minimum absolute atomic E-state index is 0.114. The summed E-state index contributed by atoms with van der Waals surface area (Å²) in [6.45, 7) is 0. The van der Waals surface area contributed by atoms with Crippen LogP contribution in [0.25, 0.3) is 5.69 Å². The van der Waals surface area contributed by atoms with E-state index < -0.39 is 17.6 Å². The highest BCUT2D eigenvalue weighted by Crippen LogP contribution is 2.23. The number of para-hydroxylation sites is 1. The van der Waals surface area contributed by atoms with Crippen molar-refractivity contribution in [2.24, 2.45) is 0 Å². The van der Waals surface area contributed by atoms with Crippen LogP contribution in [0, 0.1) is 5.82 Å². The number of hydrogen-bond acceptors (Lipinski definition) is 3. The Morgan fingerprint density at radius 2 is 1.45 bits per heavy atom. The van der Waals surface area contributed by atoms with Crippen molar-refractivity contribution in [1.82, 2.24) is 9.78 Å². The van der Waals surface area contributed by atoms with Crippen LogP contribution in [0.2, 0.25) is 5.02 Å². The second-order valence-corrected chi connectivity index (χ2v) is 6.99. The van der Waals surface area contributed by atoms with Crippen LogP contribution in [0.15, 0.2) is 85.1 Å². The molecule has 6 nitrogen and oxygen atoms in total. The number of nitrogens with one attached hydrogen (secondary N) is 2. The zero-order chi connectivity index (χ0) is 21.8. The highest BCUT2D eigenvalue weighted by molar-refractivity contribution is 6.30. The average molecular weight is 435 g/mol. The second kappa shape index (κ2) is 8.81. The van der Waals surface area contributed by atoms with Gasteiger partial charge in [0.1, 0.15) is 17.2 Å². The van der Waals surface area contributed by atoms with Crippen LogP contribution in [-0.2, 0) is 0 Å². The Hall–Kier alpha value is -3.97. The van der Waals surface area contributed by atoms with Gasteiger partial charge in [0.2, 0.25) is 0 Å². The molecule has 0 radical (unpaired) electrons. The molecule has 2 amide bonds. The molecule has 0 atom stereocenters. The predicted molar refractivity (Wildman–Crippen MR) is 117 cm³/mol. The Bertz CT molecular complexity index is 1240. The van der Waals surface area contributed by atoms with E-state index in [-0.39, 0.29) is 16.9 Å². The van der Waals surface area contributed by atoms with E-state index in [1.165, 1.54) is 29.1 Å². The first-order valence-corrected chi connectivity index (χ1v) is 9.67. The van der Waals surface area contributed by atoms with Crippen molar-refractivity contribution in [1.29, 1.82) is 0 Å². The third-order valence-electron chi connectivity index (χ3n) is 4.47. The maximum absolute atomic E-state index is 14.1. The van der Waals surface area contributed by atoms with Crippen LogP contribution in [0.1, 0.15) is 20.7 Å².